The number of ketones is 1. The molecule has 0 saturated heterocycles. The molecule has 2 aromatic carbocycles. The fourth-order valence-electron chi connectivity index (χ4n) is 5.95. The summed E-state index contributed by atoms with van der Waals surface area (Å²) in [5.41, 5.74) is 3.83. The number of aliphatic imine (C=N–C) groups is 1. The summed E-state index contributed by atoms with van der Waals surface area (Å²) >= 11 is 0. The molecule has 210 valence electrons. The van der Waals surface area contributed by atoms with E-state index in [9.17, 15) is 13.6 Å². The van der Waals surface area contributed by atoms with Crippen LogP contribution in [0.3, 0.4) is 0 Å². The van der Waals surface area contributed by atoms with Gasteiger partial charge in [0.1, 0.15) is 28.9 Å². The number of hydrogen-bond acceptors (Lipinski definition) is 6. The average molecular weight is 555 g/mol. The molecule has 0 radical (unpaired) electrons. The first-order valence-corrected chi connectivity index (χ1v) is 14.1. The Hall–Kier alpha value is -4.04. The lowest BCUT2D eigenvalue weighted by Crippen LogP contribution is -2.21. The number of carbonyl (C=O) groups is 1. The van der Waals surface area contributed by atoms with Gasteiger partial charge in [0, 0.05) is 41.8 Å². The largest absolute Gasteiger partial charge is 0.459 e. The molecule has 2 aromatic heterocycles. The smallest absolute Gasteiger partial charge is 0.163 e. The highest BCUT2D eigenvalue weighted by Crippen LogP contribution is 2.35. The van der Waals surface area contributed by atoms with Crippen LogP contribution in [0.2, 0.25) is 0 Å². The lowest BCUT2D eigenvalue weighted by atomic mass is 9.96. The van der Waals surface area contributed by atoms with Gasteiger partial charge in [-0.3, -0.25) is 9.79 Å². The van der Waals surface area contributed by atoms with Crippen LogP contribution >= 0.6 is 0 Å². The van der Waals surface area contributed by atoms with Crippen molar-refractivity contribution in [2.75, 3.05) is 7.05 Å². The van der Waals surface area contributed by atoms with E-state index >= 15 is 0 Å². The molecule has 2 aliphatic rings. The third-order valence-corrected chi connectivity index (χ3v) is 8.18. The second kappa shape index (κ2) is 11.4. The van der Waals surface area contributed by atoms with E-state index in [-0.39, 0.29) is 23.6 Å². The number of nitrogens with zero attached hydrogens (tertiary/aromatic N) is 3. The average Bonchev–Trinajstić information content (AvgIpc) is 3.56. The highest BCUT2D eigenvalue weighted by molar-refractivity contribution is 6.15. The van der Waals surface area contributed by atoms with Gasteiger partial charge in [-0.2, -0.15) is 0 Å². The predicted molar refractivity (Wildman–Crippen MR) is 153 cm³/mol. The maximum absolute atomic E-state index is 14.7. The van der Waals surface area contributed by atoms with E-state index in [0.717, 1.165) is 36.0 Å². The van der Waals surface area contributed by atoms with Crippen LogP contribution in [0.4, 0.5) is 8.78 Å². The first kappa shape index (κ1) is 27.1. The molecule has 3 heterocycles. The quantitative estimate of drug-likeness (QED) is 0.254. The maximum Gasteiger partial charge on any atom is 0.163 e. The number of aromatic nitrogens is 2. The molecule has 0 spiro atoms. The van der Waals surface area contributed by atoms with Gasteiger partial charge >= 0.3 is 0 Å². The van der Waals surface area contributed by atoms with Gasteiger partial charge in [0.25, 0.3) is 0 Å². The fourth-order valence-corrected chi connectivity index (χ4v) is 5.95. The molecule has 1 N–H and O–H groups in total. The molecule has 4 aromatic rings. The molecule has 2 atom stereocenters. The second-order valence-electron chi connectivity index (χ2n) is 11.0. The summed E-state index contributed by atoms with van der Waals surface area (Å²) in [4.78, 5) is 26.7. The van der Waals surface area contributed by atoms with Crippen molar-refractivity contribution >= 4 is 11.5 Å². The summed E-state index contributed by atoms with van der Waals surface area (Å²) in [6.45, 7) is 1.96. The Balaban J connectivity index is 1.17. The molecule has 2 unspecified atom stereocenters. The zero-order valence-electron chi connectivity index (χ0n) is 23.2. The van der Waals surface area contributed by atoms with E-state index in [1.807, 2.05) is 37.4 Å². The first-order chi connectivity index (χ1) is 19.9. The van der Waals surface area contributed by atoms with E-state index in [1.54, 1.807) is 13.1 Å². The van der Waals surface area contributed by atoms with Gasteiger partial charge in [0.15, 0.2) is 11.5 Å². The maximum atomic E-state index is 14.7. The molecule has 1 aliphatic carbocycles. The highest BCUT2D eigenvalue weighted by atomic mass is 19.1. The minimum absolute atomic E-state index is 0.132. The monoisotopic (exact) mass is 554 g/mol. The number of furan rings is 1. The van der Waals surface area contributed by atoms with Crippen LogP contribution in [0.1, 0.15) is 70.1 Å². The second-order valence-corrected chi connectivity index (χ2v) is 11.0. The van der Waals surface area contributed by atoms with Crippen LogP contribution in [0, 0.1) is 24.5 Å². The van der Waals surface area contributed by atoms with Gasteiger partial charge in [-0.1, -0.05) is 30.3 Å². The van der Waals surface area contributed by atoms with Crippen molar-refractivity contribution in [3.05, 3.63) is 106 Å². The summed E-state index contributed by atoms with van der Waals surface area (Å²) in [7, 11) is 1.99. The number of hydrogen-bond donors (Lipinski definition) is 1. The third kappa shape index (κ3) is 5.61. The van der Waals surface area contributed by atoms with Crippen LogP contribution in [0.5, 0.6) is 0 Å². The number of rotatable bonds is 8. The molecular formula is C33H32F2N4O2. The van der Waals surface area contributed by atoms with E-state index in [1.165, 1.54) is 18.2 Å². The third-order valence-electron chi connectivity index (χ3n) is 8.18. The summed E-state index contributed by atoms with van der Waals surface area (Å²) in [5.74, 6) is 0.804. The molecule has 6 nitrogen and oxygen atoms in total. The van der Waals surface area contributed by atoms with Gasteiger partial charge in [0.05, 0.1) is 17.8 Å². The van der Waals surface area contributed by atoms with Crippen LogP contribution in [-0.4, -0.2) is 34.6 Å². The van der Waals surface area contributed by atoms with Crippen LogP contribution < -0.4 is 5.32 Å². The Morgan fingerprint density at radius 2 is 1.85 bits per heavy atom. The molecule has 8 heteroatoms. The van der Waals surface area contributed by atoms with E-state index in [2.05, 4.69) is 15.3 Å². The Kier molecular flexibility index (Phi) is 7.58. The number of halogens is 2. The zero-order valence-corrected chi connectivity index (χ0v) is 23.2. The fraction of sp³-hybridized carbons (Fsp3) is 0.333. The van der Waals surface area contributed by atoms with Gasteiger partial charge in [-0.25, -0.2) is 18.7 Å². The van der Waals surface area contributed by atoms with Crippen LogP contribution in [0.25, 0.3) is 11.3 Å². The number of fused-ring (bicyclic) bond motifs is 3. The number of benzene rings is 2. The topological polar surface area (TPSA) is 80.4 Å². The van der Waals surface area contributed by atoms with Gasteiger partial charge in [-0.15, -0.1) is 0 Å². The number of carbonyl (C=O) groups excluding carboxylic acids is 1. The summed E-state index contributed by atoms with van der Waals surface area (Å²) in [5, 5.41) is 3.32. The molecule has 1 fully saturated rings. The lowest BCUT2D eigenvalue weighted by Gasteiger charge is -2.10. The number of Topliss-reactive ketones (excluding diaryl/α,β-unsaturated/α-hetero) is 1. The Bertz CT molecular complexity index is 1610. The predicted octanol–water partition coefficient (Wildman–Crippen LogP) is 6.42. The lowest BCUT2D eigenvalue weighted by molar-refractivity contribution is 0.0961. The molecule has 0 amide bonds. The highest BCUT2D eigenvalue weighted by Gasteiger charge is 2.28. The molecule has 1 aliphatic heterocycles. The van der Waals surface area contributed by atoms with Crippen molar-refractivity contribution in [3.8, 4) is 11.3 Å². The normalized spacial score (nSPS) is 18.0. The SMILES string of the molecule is CNC1CCC(CC(=O)c2ccc(CCc3ncc4c(n3)-c3cc(C)oc3C(c3c(F)cccc3F)=NC4)cc2)C1. The molecular weight excluding hydrogens is 522 g/mol. The minimum Gasteiger partial charge on any atom is -0.459 e. The van der Waals surface area contributed by atoms with Crippen molar-refractivity contribution in [3.63, 3.8) is 0 Å². The summed E-state index contributed by atoms with van der Waals surface area (Å²) in [6, 6.07) is 13.9. The van der Waals surface area contributed by atoms with Crippen molar-refractivity contribution in [2.45, 2.75) is 58.0 Å². The van der Waals surface area contributed by atoms with Crippen molar-refractivity contribution < 1.29 is 18.0 Å². The van der Waals surface area contributed by atoms with E-state index in [4.69, 9.17) is 9.40 Å². The molecule has 1 saturated carbocycles. The van der Waals surface area contributed by atoms with Crippen LogP contribution in [-0.2, 0) is 19.4 Å². The Morgan fingerprint density at radius 3 is 2.59 bits per heavy atom. The van der Waals surface area contributed by atoms with E-state index in [0.29, 0.717) is 59.8 Å². The van der Waals surface area contributed by atoms with Crippen molar-refractivity contribution in [1.82, 2.24) is 15.3 Å². The number of aryl methyl sites for hydroxylation is 3. The van der Waals surface area contributed by atoms with E-state index < -0.39 is 11.6 Å². The van der Waals surface area contributed by atoms with Crippen molar-refractivity contribution in [2.24, 2.45) is 10.9 Å². The molecule has 0 bridgehead atoms. The Morgan fingerprint density at radius 1 is 1.07 bits per heavy atom. The first-order valence-electron chi connectivity index (χ1n) is 14.1. The van der Waals surface area contributed by atoms with Gasteiger partial charge in [0.2, 0.25) is 0 Å². The molecule has 6 rings (SSSR count). The molecule has 41 heavy (non-hydrogen) atoms. The zero-order chi connectivity index (χ0) is 28.5. The van der Waals surface area contributed by atoms with Crippen molar-refractivity contribution in [1.29, 1.82) is 0 Å². The standard InChI is InChI=1S/C33H32F2N4O2/c1-19-14-25-31-23(18-38-32(33(25)41-19)30-26(34)4-3-5-27(30)35)17-37-29(39-31)13-9-20-6-10-22(11-7-20)28(40)16-21-8-12-24(15-21)36-2/h3-7,10-11,14,17,21,24,36H,8-9,12-13,15-16,18H2,1-2H3. The summed E-state index contributed by atoms with van der Waals surface area (Å²) < 4.78 is 35.3. The summed E-state index contributed by atoms with van der Waals surface area (Å²) in [6.07, 6.45) is 6.94. The Labute approximate surface area is 238 Å². The number of nitrogens with one attached hydrogen (secondary N) is 1. The van der Waals surface area contributed by atoms with Crippen LogP contribution in [0.15, 0.2) is 64.1 Å². The van der Waals surface area contributed by atoms with Gasteiger partial charge < -0.3 is 9.73 Å². The minimum atomic E-state index is -0.699. The van der Waals surface area contributed by atoms with Gasteiger partial charge in [-0.05, 0) is 69.3 Å².